The molecule has 2 rings (SSSR count). The quantitative estimate of drug-likeness (QED) is 0.902. The molecule has 1 amide bonds. The number of rotatable bonds is 4. The summed E-state index contributed by atoms with van der Waals surface area (Å²) in [5.41, 5.74) is 4.90. The number of nitrogens with two attached hydrogens (primary N) is 1. The summed E-state index contributed by atoms with van der Waals surface area (Å²) in [7, 11) is -3.99. The molecule has 0 spiro atoms. The second-order valence-electron chi connectivity index (χ2n) is 3.75. The molecule has 1 aromatic heterocycles. The lowest BCUT2D eigenvalue weighted by molar-refractivity contribution is 0.100. The van der Waals surface area contributed by atoms with Crippen LogP contribution in [0.5, 0.6) is 0 Å². The summed E-state index contributed by atoms with van der Waals surface area (Å²) in [5, 5.41) is 1.22. The van der Waals surface area contributed by atoms with Gasteiger partial charge in [-0.05, 0) is 18.2 Å². The van der Waals surface area contributed by atoms with Crippen LogP contribution in [-0.4, -0.2) is 14.3 Å². The smallest absolute Gasteiger partial charge is 0.262 e. The van der Waals surface area contributed by atoms with Crippen LogP contribution in [0.3, 0.4) is 0 Å². The van der Waals surface area contributed by atoms with Crippen molar-refractivity contribution >= 4 is 33.0 Å². The molecule has 0 saturated carbocycles. The molecule has 20 heavy (non-hydrogen) atoms. The van der Waals surface area contributed by atoms with Crippen molar-refractivity contribution < 1.29 is 22.0 Å². The highest BCUT2D eigenvalue weighted by molar-refractivity contribution is 7.92. The summed E-state index contributed by atoms with van der Waals surface area (Å²) < 4.78 is 51.7. The van der Waals surface area contributed by atoms with Crippen LogP contribution in [0.25, 0.3) is 0 Å². The van der Waals surface area contributed by atoms with Gasteiger partial charge < -0.3 is 5.73 Å². The van der Waals surface area contributed by atoms with E-state index >= 15 is 0 Å². The Morgan fingerprint density at radius 1 is 1.20 bits per heavy atom. The number of hydrogen-bond donors (Lipinski definition) is 2. The fraction of sp³-hybridized carbons (Fsp3) is 0. The number of carbonyl (C=O) groups excluding carboxylic acids is 1. The molecule has 0 atom stereocenters. The van der Waals surface area contributed by atoms with Crippen molar-refractivity contribution in [3.8, 4) is 0 Å². The third-order valence-corrected chi connectivity index (χ3v) is 4.76. The van der Waals surface area contributed by atoms with Crippen LogP contribution >= 0.6 is 11.3 Å². The number of sulfonamides is 1. The molecule has 0 saturated heterocycles. The van der Waals surface area contributed by atoms with Gasteiger partial charge in [0.1, 0.15) is 0 Å². The molecule has 9 heteroatoms. The minimum absolute atomic E-state index is 0.0793. The Hall–Kier alpha value is -2.00. The molecule has 2 aromatic rings. The lowest BCUT2D eigenvalue weighted by Gasteiger charge is -2.06. The van der Waals surface area contributed by atoms with E-state index in [1.54, 1.807) is 0 Å². The lowest BCUT2D eigenvalue weighted by atomic mass is 10.3. The predicted octanol–water partition coefficient (Wildman–Crippen LogP) is 1.93. The van der Waals surface area contributed by atoms with Crippen molar-refractivity contribution in [2.24, 2.45) is 5.73 Å². The molecule has 106 valence electrons. The van der Waals surface area contributed by atoms with E-state index < -0.39 is 27.6 Å². The summed E-state index contributed by atoms with van der Waals surface area (Å²) in [6, 6.07) is 3.70. The van der Waals surface area contributed by atoms with Crippen LogP contribution in [-0.2, 0) is 10.0 Å². The molecule has 5 nitrogen and oxygen atoms in total. The Morgan fingerprint density at radius 3 is 2.45 bits per heavy atom. The largest absolute Gasteiger partial charge is 0.365 e. The zero-order chi connectivity index (χ0) is 14.9. The average Bonchev–Trinajstić information content (AvgIpc) is 2.84. The Bertz CT molecular complexity index is 772. The molecule has 0 aliphatic carbocycles. The van der Waals surface area contributed by atoms with E-state index in [-0.39, 0.29) is 15.5 Å². The predicted molar refractivity (Wildman–Crippen MR) is 70.0 cm³/mol. The lowest BCUT2D eigenvalue weighted by Crippen LogP contribution is -2.13. The highest BCUT2D eigenvalue weighted by Crippen LogP contribution is 2.22. The van der Waals surface area contributed by atoms with Crippen molar-refractivity contribution in [1.29, 1.82) is 0 Å². The number of amides is 1. The van der Waals surface area contributed by atoms with Gasteiger partial charge in [-0.25, -0.2) is 17.2 Å². The molecule has 1 aromatic carbocycles. The molecule has 0 fully saturated rings. The number of carbonyl (C=O) groups is 1. The third kappa shape index (κ3) is 2.94. The van der Waals surface area contributed by atoms with Crippen molar-refractivity contribution in [2.45, 2.75) is 4.90 Å². The minimum Gasteiger partial charge on any atom is -0.365 e. The molecule has 0 unspecified atom stereocenters. The van der Waals surface area contributed by atoms with Gasteiger partial charge in [0.25, 0.3) is 15.9 Å². The van der Waals surface area contributed by atoms with Crippen LogP contribution in [0.4, 0.5) is 14.5 Å². The van der Waals surface area contributed by atoms with Crippen molar-refractivity contribution in [1.82, 2.24) is 0 Å². The monoisotopic (exact) mass is 318 g/mol. The fourth-order valence-electron chi connectivity index (χ4n) is 1.36. The highest BCUT2D eigenvalue weighted by atomic mass is 32.2. The first-order valence-corrected chi connectivity index (χ1v) is 7.52. The standard InChI is InChI=1S/C11H8F2N2O3S2/c12-8-2-1-6(3-9(8)13)15-20(17,18)7-4-10(11(14)16)19-5-7/h1-5,15H,(H2,14,16). The summed E-state index contributed by atoms with van der Waals surface area (Å²) in [6.07, 6.45) is 0. The Balaban J connectivity index is 2.30. The molecule has 0 bridgehead atoms. The van der Waals surface area contributed by atoms with Gasteiger partial charge in [-0.3, -0.25) is 9.52 Å². The molecule has 0 aliphatic rings. The first-order chi connectivity index (χ1) is 9.29. The highest BCUT2D eigenvalue weighted by Gasteiger charge is 2.18. The van der Waals surface area contributed by atoms with Gasteiger partial charge in [0.05, 0.1) is 15.5 Å². The maximum absolute atomic E-state index is 13.0. The minimum atomic E-state index is -3.99. The van der Waals surface area contributed by atoms with E-state index in [2.05, 4.69) is 4.72 Å². The second-order valence-corrected chi connectivity index (χ2v) is 6.34. The van der Waals surface area contributed by atoms with E-state index in [0.29, 0.717) is 6.07 Å². The normalized spacial score (nSPS) is 11.3. The van der Waals surface area contributed by atoms with Crippen LogP contribution in [0, 0.1) is 11.6 Å². The van der Waals surface area contributed by atoms with E-state index in [1.165, 1.54) is 5.38 Å². The van der Waals surface area contributed by atoms with Crippen LogP contribution in [0.2, 0.25) is 0 Å². The zero-order valence-corrected chi connectivity index (χ0v) is 11.4. The van der Waals surface area contributed by atoms with E-state index in [9.17, 15) is 22.0 Å². The Morgan fingerprint density at radius 2 is 1.90 bits per heavy atom. The van der Waals surface area contributed by atoms with Gasteiger partial charge in [-0.1, -0.05) is 0 Å². The van der Waals surface area contributed by atoms with Gasteiger partial charge in [0.2, 0.25) is 0 Å². The maximum Gasteiger partial charge on any atom is 0.262 e. The number of nitrogens with one attached hydrogen (secondary N) is 1. The van der Waals surface area contributed by atoms with Crippen molar-refractivity contribution in [3.05, 3.63) is 46.2 Å². The average molecular weight is 318 g/mol. The van der Waals surface area contributed by atoms with Gasteiger partial charge in [-0.15, -0.1) is 11.3 Å². The van der Waals surface area contributed by atoms with Crippen LogP contribution in [0.1, 0.15) is 9.67 Å². The number of primary amides is 1. The number of anilines is 1. The van der Waals surface area contributed by atoms with E-state index in [1.807, 2.05) is 0 Å². The number of thiophene rings is 1. The summed E-state index contributed by atoms with van der Waals surface area (Å²) in [5.74, 6) is -3.00. The molecular formula is C11H8F2N2O3S2. The fourth-order valence-corrected chi connectivity index (χ4v) is 3.54. The molecular weight excluding hydrogens is 310 g/mol. The summed E-state index contributed by atoms with van der Waals surface area (Å²) >= 11 is 0.873. The molecule has 1 heterocycles. The number of halogens is 2. The first kappa shape index (κ1) is 14.4. The SMILES string of the molecule is NC(=O)c1cc(S(=O)(=O)Nc2ccc(F)c(F)c2)cs1. The van der Waals surface area contributed by atoms with Crippen LogP contribution < -0.4 is 10.5 Å². The van der Waals surface area contributed by atoms with Gasteiger partial charge in [0.15, 0.2) is 11.6 Å². The summed E-state index contributed by atoms with van der Waals surface area (Å²) in [6.45, 7) is 0. The third-order valence-electron chi connectivity index (χ3n) is 2.30. The molecule has 0 aliphatic heterocycles. The number of benzene rings is 1. The second kappa shape index (κ2) is 5.17. The molecule has 0 radical (unpaired) electrons. The van der Waals surface area contributed by atoms with Gasteiger partial charge in [0, 0.05) is 11.4 Å². The number of hydrogen-bond acceptors (Lipinski definition) is 4. The zero-order valence-electron chi connectivity index (χ0n) is 9.76. The first-order valence-electron chi connectivity index (χ1n) is 5.16. The Kier molecular flexibility index (Phi) is 3.73. The maximum atomic E-state index is 13.0. The van der Waals surface area contributed by atoms with Crippen molar-refractivity contribution in [2.75, 3.05) is 4.72 Å². The van der Waals surface area contributed by atoms with E-state index in [0.717, 1.165) is 29.5 Å². The van der Waals surface area contributed by atoms with Gasteiger partial charge >= 0.3 is 0 Å². The van der Waals surface area contributed by atoms with Crippen LogP contribution in [0.15, 0.2) is 34.5 Å². The van der Waals surface area contributed by atoms with E-state index in [4.69, 9.17) is 5.73 Å². The Labute approximate surface area is 117 Å². The topological polar surface area (TPSA) is 89.3 Å². The van der Waals surface area contributed by atoms with Gasteiger partial charge in [-0.2, -0.15) is 0 Å². The van der Waals surface area contributed by atoms with Crippen molar-refractivity contribution in [3.63, 3.8) is 0 Å². The summed E-state index contributed by atoms with van der Waals surface area (Å²) in [4.78, 5) is 10.8. The molecule has 3 N–H and O–H groups in total.